The van der Waals surface area contributed by atoms with E-state index in [1.165, 1.54) is 0 Å². The third-order valence-corrected chi connectivity index (χ3v) is 5.67. The van der Waals surface area contributed by atoms with Gasteiger partial charge in [0.1, 0.15) is 5.15 Å². The van der Waals surface area contributed by atoms with Crippen LogP contribution in [-0.2, 0) is 6.42 Å². The summed E-state index contributed by atoms with van der Waals surface area (Å²) >= 11 is 5.90. The minimum absolute atomic E-state index is 0.121. The molecule has 0 aliphatic heterocycles. The molecule has 0 saturated carbocycles. The molecule has 3 heterocycles. The molecule has 0 fully saturated rings. The van der Waals surface area contributed by atoms with Crippen molar-refractivity contribution in [2.45, 2.75) is 33.2 Å². The highest BCUT2D eigenvalue weighted by molar-refractivity contribution is 6.29. The van der Waals surface area contributed by atoms with Gasteiger partial charge in [-0.1, -0.05) is 30.2 Å². The number of benzene rings is 1. The number of aromatic carboxylic acids is 1. The van der Waals surface area contributed by atoms with Gasteiger partial charge in [-0.25, -0.2) is 14.8 Å². The molecule has 0 radical (unpaired) electrons. The molecule has 0 saturated heterocycles. The zero-order valence-electron chi connectivity index (χ0n) is 18.2. The fraction of sp³-hybridized carbons (Fsp3) is 0.250. The summed E-state index contributed by atoms with van der Waals surface area (Å²) in [6.07, 6.45) is 2.56. The molecule has 0 aliphatic carbocycles. The van der Waals surface area contributed by atoms with Crippen molar-refractivity contribution in [3.8, 4) is 5.88 Å². The molecule has 164 valence electrons. The van der Waals surface area contributed by atoms with Gasteiger partial charge in [0.15, 0.2) is 5.69 Å². The fourth-order valence-electron chi connectivity index (χ4n) is 3.96. The van der Waals surface area contributed by atoms with Gasteiger partial charge in [0.2, 0.25) is 5.88 Å². The van der Waals surface area contributed by atoms with E-state index in [1.807, 2.05) is 26.1 Å². The van der Waals surface area contributed by atoms with Gasteiger partial charge >= 0.3 is 5.97 Å². The van der Waals surface area contributed by atoms with E-state index in [-0.39, 0.29) is 16.9 Å². The molecule has 7 nitrogen and oxygen atoms in total. The number of carboxylic acids is 1. The van der Waals surface area contributed by atoms with Crippen molar-refractivity contribution in [3.63, 3.8) is 0 Å². The van der Waals surface area contributed by atoms with Crippen molar-refractivity contribution >= 4 is 44.9 Å². The average molecular weight is 451 g/mol. The lowest BCUT2D eigenvalue weighted by Gasteiger charge is -2.20. The number of hydrogen-bond acceptors (Lipinski definition) is 6. The highest BCUT2D eigenvalue weighted by Gasteiger charge is 2.19. The summed E-state index contributed by atoms with van der Waals surface area (Å²) in [4.78, 5) is 25.0. The number of ether oxygens (including phenoxy) is 1. The first-order valence-corrected chi connectivity index (χ1v) is 10.6. The normalized spacial score (nSPS) is 12.2. The molecule has 0 bridgehead atoms. The van der Waals surface area contributed by atoms with Gasteiger partial charge in [-0.3, -0.25) is 4.98 Å². The van der Waals surface area contributed by atoms with Crippen LogP contribution < -0.4 is 10.1 Å². The molecule has 4 aromatic rings. The smallest absolute Gasteiger partial charge is 0.356 e. The summed E-state index contributed by atoms with van der Waals surface area (Å²) in [6, 6.07) is 9.07. The molecule has 8 heteroatoms. The number of aryl methyl sites for hydroxylation is 2. The van der Waals surface area contributed by atoms with Crippen LogP contribution in [0.1, 0.15) is 47.2 Å². The summed E-state index contributed by atoms with van der Waals surface area (Å²) in [5.74, 6) is -0.604. The first kappa shape index (κ1) is 21.8. The van der Waals surface area contributed by atoms with Crippen LogP contribution in [0.2, 0.25) is 5.15 Å². The van der Waals surface area contributed by atoms with E-state index in [1.54, 1.807) is 19.2 Å². The van der Waals surface area contributed by atoms with E-state index in [0.29, 0.717) is 11.6 Å². The van der Waals surface area contributed by atoms with Crippen LogP contribution in [0.5, 0.6) is 5.88 Å². The summed E-state index contributed by atoms with van der Waals surface area (Å²) < 4.78 is 5.36. The van der Waals surface area contributed by atoms with E-state index in [2.05, 4.69) is 34.3 Å². The molecule has 4 rings (SSSR count). The second kappa shape index (κ2) is 8.59. The van der Waals surface area contributed by atoms with E-state index in [9.17, 15) is 9.90 Å². The van der Waals surface area contributed by atoms with Crippen LogP contribution in [0.25, 0.3) is 21.7 Å². The first-order chi connectivity index (χ1) is 15.3. The average Bonchev–Trinajstić information content (AvgIpc) is 2.78. The molecular formula is C24H23ClN4O3. The maximum atomic E-state index is 11.7. The largest absolute Gasteiger partial charge is 0.481 e. The Morgan fingerprint density at radius 1 is 1.19 bits per heavy atom. The number of carbonyl (C=O) groups is 1. The molecule has 1 atom stereocenters. The van der Waals surface area contributed by atoms with Crippen LogP contribution in [-0.4, -0.2) is 33.1 Å². The van der Waals surface area contributed by atoms with Gasteiger partial charge in [-0.05, 0) is 43.9 Å². The number of nitrogens with zero attached hydrogens (tertiary/aromatic N) is 3. The number of anilines is 1. The molecule has 32 heavy (non-hydrogen) atoms. The van der Waals surface area contributed by atoms with Gasteiger partial charge < -0.3 is 15.2 Å². The molecule has 0 amide bonds. The lowest BCUT2D eigenvalue weighted by Crippen LogP contribution is -2.13. The number of nitrogens with one attached hydrogen (secondary N) is 1. The van der Waals surface area contributed by atoms with E-state index >= 15 is 0 Å². The predicted molar refractivity (Wildman–Crippen MR) is 126 cm³/mol. The fourth-order valence-corrected chi connectivity index (χ4v) is 4.11. The van der Waals surface area contributed by atoms with Crippen molar-refractivity contribution in [1.82, 2.24) is 15.0 Å². The number of fused-ring (bicyclic) bond motifs is 3. The molecule has 1 aromatic carbocycles. The van der Waals surface area contributed by atoms with E-state index < -0.39 is 5.97 Å². The van der Waals surface area contributed by atoms with Gasteiger partial charge in [-0.15, -0.1) is 0 Å². The molecular weight excluding hydrogens is 428 g/mol. The van der Waals surface area contributed by atoms with Crippen LogP contribution in [0.15, 0.2) is 36.5 Å². The Hall–Kier alpha value is -3.45. The Kier molecular flexibility index (Phi) is 5.84. The molecule has 0 spiro atoms. The van der Waals surface area contributed by atoms with Crippen molar-refractivity contribution in [2.24, 2.45) is 0 Å². The van der Waals surface area contributed by atoms with Crippen molar-refractivity contribution in [1.29, 1.82) is 0 Å². The molecule has 1 unspecified atom stereocenters. The van der Waals surface area contributed by atoms with Crippen LogP contribution in [0, 0.1) is 6.92 Å². The van der Waals surface area contributed by atoms with Gasteiger partial charge in [0.25, 0.3) is 0 Å². The number of aromatic nitrogens is 3. The van der Waals surface area contributed by atoms with Crippen molar-refractivity contribution < 1.29 is 14.6 Å². The Bertz CT molecular complexity index is 1360. The Labute approximate surface area is 190 Å². The zero-order valence-corrected chi connectivity index (χ0v) is 19.0. The lowest BCUT2D eigenvalue weighted by molar-refractivity contribution is 0.0691. The van der Waals surface area contributed by atoms with Crippen molar-refractivity contribution in [3.05, 3.63) is 64.2 Å². The third-order valence-electron chi connectivity index (χ3n) is 5.46. The topological polar surface area (TPSA) is 97.2 Å². The summed E-state index contributed by atoms with van der Waals surface area (Å²) in [5.41, 5.74) is 4.10. The number of rotatable bonds is 6. The number of hydrogen-bond donors (Lipinski definition) is 2. The Balaban J connectivity index is 1.91. The summed E-state index contributed by atoms with van der Waals surface area (Å²) in [6.45, 7) is 6.06. The van der Waals surface area contributed by atoms with E-state index in [4.69, 9.17) is 21.3 Å². The zero-order chi connectivity index (χ0) is 23.0. The minimum Gasteiger partial charge on any atom is -0.481 e. The standard InChI is InChI=1S/C24H23ClN4O3/c1-5-18-17-11-26-21(32-4)10-15(17)16-9-12(2)8-14(22(16)28-18)13(3)27-19-6-7-20(25)29-23(19)24(30)31/h6-11,13,27H,5H2,1-4H3,(H,30,31). The predicted octanol–water partition coefficient (Wildman–Crippen LogP) is 5.58. The van der Waals surface area contributed by atoms with Gasteiger partial charge in [0, 0.05) is 28.6 Å². The van der Waals surface area contributed by atoms with Crippen molar-refractivity contribution in [2.75, 3.05) is 12.4 Å². The number of carboxylic acid groups (broad SMARTS) is 1. The Morgan fingerprint density at radius 3 is 2.66 bits per heavy atom. The number of methoxy groups -OCH3 is 1. The SMILES string of the molecule is CCc1nc2c(C(C)Nc3ccc(Cl)nc3C(=O)O)cc(C)cc2c2cc(OC)ncc12. The summed E-state index contributed by atoms with van der Waals surface area (Å²) in [5, 5.41) is 16.0. The molecule has 2 N–H and O–H groups in total. The monoisotopic (exact) mass is 450 g/mol. The highest BCUT2D eigenvalue weighted by Crippen LogP contribution is 2.34. The molecule has 0 aliphatic rings. The third kappa shape index (κ3) is 3.91. The maximum absolute atomic E-state index is 11.7. The van der Waals surface area contributed by atoms with Crippen LogP contribution in [0.4, 0.5) is 5.69 Å². The van der Waals surface area contributed by atoms with Crippen LogP contribution in [0.3, 0.4) is 0 Å². The number of pyridine rings is 3. The van der Waals surface area contributed by atoms with Gasteiger partial charge in [0.05, 0.1) is 30.0 Å². The highest BCUT2D eigenvalue weighted by atomic mass is 35.5. The minimum atomic E-state index is -1.15. The van der Waals surface area contributed by atoms with Gasteiger partial charge in [-0.2, -0.15) is 0 Å². The maximum Gasteiger partial charge on any atom is 0.356 e. The quantitative estimate of drug-likeness (QED) is 0.292. The first-order valence-electron chi connectivity index (χ1n) is 10.3. The molecule has 3 aromatic heterocycles. The Morgan fingerprint density at radius 2 is 1.97 bits per heavy atom. The second-order valence-corrected chi connectivity index (χ2v) is 8.02. The lowest BCUT2D eigenvalue weighted by atomic mass is 9.96. The number of halogens is 1. The second-order valence-electron chi connectivity index (χ2n) is 7.64. The van der Waals surface area contributed by atoms with Crippen LogP contribution >= 0.6 is 11.6 Å². The van der Waals surface area contributed by atoms with E-state index in [0.717, 1.165) is 44.9 Å². The summed E-state index contributed by atoms with van der Waals surface area (Å²) in [7, 11) is 1.60.